The van der Waals surface area contributed by atoms with E-state index in [1.54, 1.807) is 0 Å². The zero-order chi connectivity index (χ0) is 28.1. The highest BCUT2D eigenvalue weighted by Crippen LogP contribution is 2.36. The summed E-state index contributed by atoms with van der Waals surface area (Å²) in [5.74, 6) is -0.0111. The van der Waals surface area contributed by atoms with Gasteiger partial charge >= 0.3 is 0 Å². The predicted octanol–water partition coefficient (Wildman–Crippen LogP) is 5.20. The van der Waals surface area contributed by atoms with Crippen LogP contribution < -0.4 is 10.6 Å². The number of anilines is 1. The Morgan fingerprint density at radius 2 is 1.80 bits per heavy atom. The first-order valence-corrected chi connectivity index (χ1v) is 14.3. The third-order valence-corrected chi connectivity index (χ3v) is 8.04. The molecule has 0 aliphatic carbocycles. The molecule has 0 aromatic heterocycles. The Morgan fingerprint density at radius 3 is 2.58 bits per heavy atom. The fourth-order valence-corrected chi connectivity index (χ4v) is 5.64. The summed E-state index contributed by atoms with van der Waals surface area (Å²) in [5.41, 5.74) is 4.24. The number of thioether (sulfide) groups is 1. The fraction of sp³-hybridized carbons (Fsp3) is 0.258. The van der Waals surface area contributed by atoms with Crippen LogP contribution in [0, 0.1) is 6.92 Å². The van der Waals surface area contributed by atoms with Gasteiger partial charge in [-0.25, -0.2) is 9.89 Å². The number of amides is 3. The van der Waals surface area contributed by atoms with Gasteiger partial charge in [-0.05, 0) is 55.2 Å². The second kappa shape index (κ2) is 12.3. The molecule has 2 heterocycles. The molecule has 40 heavy (non-hydrogen) atoms. The molecule has 5 rings (SSSR count). The molecule has 2 N–H and O–H groups in total. The minimum atomic E-state index is -0.698. The van der Waals surface area contributed by atoms with E-state index >= 15 is 0 Å². The molecule has 0 unspecified atom stereocenters. The summed E-state index contributed by atoms with van der Waals surface area (Å²) in [6.07, 6.45) is 0.999. The highest BCUT2D eigenvalue weighted by molar-refractivity contribution is 8.15. The van der Waals surface area contributed by atoms with Crippen molar-refractivity contribution in [2.75, 3.05) is 5.32 Å². The second-order valence-electron chi connectivity index (χ2n) is 9.73. The van der Waals surface area contributed by atoms with Gasteiger partial charge < -0.3 is 10.6 Å². The van der Waals surface area contributed by atoms with Crippen molar-refractivity contribution in [2.24, 2.45) is 9.98 Å². The number of rotatable bonds is 9. The number of amidine groups is 2. The van der Waals surface area contributed by atoms with Crippen LogP contribution in [-0.2, 0) is 20.9 Å². The number of nitrogens with zero attached hydrogens (tertiary/aromatic N) is 3. The molecule has 0 radical (unpaired) electrons. The SMILES string of the molecule is CC[C@H](SC1=Nc2ccccc2C2=N[C@H](CCC(=O)NCc3ccccc3)C(=O)N12)C(=O)Nc1cccc(C)c1. The molecule has 3 aromatic carbocycles. The Kier molecular flexibility index (Phi) is 8.40. The van der Waals surface area contributed by atoms with E-state index in [2.05, 4.69) is 10.6 Å². The van der Waals surface area contributed by atoms with Gasteiger partial charge in [-0.1, -0.05) is 73.3 Å². The molecule has 2 atom stereocenters. The summed E-state index contributed by atoms with van der Waals surface area (Å²) in [7, 11) is 0. The van der Waals surface area contributed by atoms with Gasteiger partial charge in [0.1, 0.15) is 11.9 Å². The summed E-state index contributed by atoms with van der Waals surface area (Å²) >= 11 is 1.26. The number of fused-ring (bicyclic) bond motifs is 3. The monoisotopic (exact) mass is 553 g/mol. The number of para-hydroxylation sites is 1. The lowest BCUT2D eigenvalue weighted by atomic mass is 10.1. The molecule has 0 saturated heterocycles. The third kappa shape index (κ3) is 6.15. The van der Waals surface area contributed by atoms with Crippen LogP contribution >= 0.6 is 11.8 Å². The first-order chi connectivity index (χ1) is 19.4. The number of aryl methyl sites for hydroxylation is 1. The van der Waals surface area contributed by atoms with Gasteiger partial charge in [-0.15, -0.1) is 0 Å². The molecule has 204 valence electrons. The lowest BCUT2D eigenvalue weighted by Crippen LogP contribution is -2.42. The van der Waals surface area contributed by atoms with Crippen LogP contribution in [0.5, 0.6) is 0 Å². The van der Waals surface area contributed by atoms with E-state index < -0.39 is 11.3 Å². The largest absolute Gasteiger partial charge is 0.352 e. The zero-order valence-corrected chi connectivity index (χ0v) is 23.3. The second-order valence-corrected chi connectivity index (χ2v) is 10.9. The summed E-state index contributed by atoms with van der Waals surface area (Å²) < 4.78 is 0. The maximum absolute atomic E-state index is 13.6. The Labute approximate surface area is 238 Å². The average molecular weight is 554 g/mol. The molecule has 0 fully saturated rings. The lowest BCUT2D eigenvalue weighted by molar-refractivity contribution is -0.125. The van der Waals surface area contributed by atoms with E-state index in [0.717, 1.165) is 22.4 Å². The van der Waals surface area contributed by atoms with E-state index in [-0.39, 0.29) is 30.6 Å². The summed E-state index contributed by atoms with van der Waals surface area (Å²) in [6, 6.07) is 24.1. The highest BCUT2D eigenvalue weighted by atomic mass is 32.2. The van der Waals surface area contributed by atoms with Gasteiger partial charge in [-0.2, -0.15) is 0 Å². The van der Waals surface area contributed by atoms with E-state index in [9.17, 15) is 14.4 Å². The molecule has 2 aliphatic heterocycles. The zero-order valence-electron chi connectivity index (χ0n) is 22.5. The molecular formula is C31H31N5O3S. The predicted molar refractivity (Wildman–Crippen MR) is 160 cm³/mol. The smallest absolute Gasteiger partial charge is 0.259 e. The van der Waals surface area contributed by atoms with Gasteiger partial charge in [0.2, 0.25) is 11.8 Å². The molecule has 8 nitrogen and oxygen atoms in total. The van der Waals surface area contributed by atoms with Crippen molar-refractivity contribution in [1.29, 1.82) is 0 Å². The number of hydrogen-bond donors (Lipinski definition) is 2. The number of carbonyl (C=O) groups is 3. The highest BCUT2D eigenvalue weighted by Gasteiger charge is 2.42. The molecule has 0 saturated carbocycles. The van der Waals surface area contributed by atoms with Crippen LogP contribution in [0.2, 0.25) is 0 Å². The van der Waals surface area contributed by atoms with Gasteiger partial charge in [0.15, 0.2) is 5.17 Å². The minimum Gasteiger partial charge on any atom is -0.352 e. The van der Waals surface area contributed by atoms with E-state index in [1.807, 2.05) is 92.7 Å². The number of aliphatic imine (C=N–C) groups is 2. The summed E-state index contributed by atoms with van der Waals surface area (Å²) in [5, 5.41) is 5.85. The van der Waals surface area contributed by atoms with Crippen LogP contribution in [0.25, 0.3) is 0 Å². The Balaban J connectivity index is 1.29. The lowest BCUT2D eigenvalue weighted by Gasteiger charge is -2.27. The van der Waals surface area contributed by atoms with Crippen molar-refractivity contribution in [3.05, 3.63) is 95.6 Å². The normalized spacial score (nSPS) is 16.4. The van der Waals surface area contributed by atoms with E-state index in [1.165, 1.54) is 16.7 Å². The summed E-state index contributed by atoms with van der Waals surface area (Å²) in [4.78, 5) is 50.4. The molecular weight excluding hydrogens is 522 g/mol. The van der Waals surface area contributed by atoms with Crippen molar-refractivity contribution in [1.82, 2.24) is 10.2 Å². The van der Waals surface area contributed by atoms with Gasteiger partial charge in [0.25, 0.3) is 5.91 Å². The first-order valence-electron chi connectivity index (χ1n) is 13.4. The van der Waals surface area contributed by atoms with E-state index in [0.29, 0.717) is 29.7 Å². The number of benzene rings is 3. The Hall–Kier alpha value is -4.24. The topological polar surface area (TPSA) is 103 Å². The molecule has 3 amide bonds. The maximum Gasteiger partial charge on any atom is 0.259 e. The first kappa shape index (κ1) is 27.3. The van der Waals surface area contributed by atoms with Crippen LogP contribution in [0.3, 0.4) is 0 Å². The molecule has 3 aromatic rings. The van der Waals surface area contributed by atoms with Crippen molar-refractivity contribution >= 4 is 51.9 Å². The Bertz CT molecular complexity index is 1490. The number of hydrogen-bond acceptors (Lipinski definition) is 6. The third-order valence-electron chi connectivity index (χ3n) is 6.72. The molecule has 2 aliphatic rings. The van der Waals surface area contributed by atoms with E-state index in [4.69, 9.17) is 9.98 Å². The maximum atomic E-state index is 13.6. The van der Waals surface area contributed by atoms with Crippen molar-refractivity contribution in [3.63, 3.8) is 0 Å². The van der Waals surface area contributed by atoms with Gasteiger partial charge in [0.05, 0.1) is 10.9 Å². The van der Waals surface area contributed by atoms with Gasteiger partial charge in [0, 0.05) is 24.2 Å². The molecule has 0 bridgehead atoms. The molecule has 0 spiro atoms. The van der Waals surface area contributed by atoms with Crippen LogP contribution in [0.15, 0.2) is 88.8 Å². The standard InChI is InChI=1S/C31H31N5O3S/c1-3-26(29(38)33-22-13-9-10-20(2)18-22)40-31-35-24-15-8-7-14-23(24)28-34-25(30(39)36(28)31)16-17-27(37)32-19-21-11-5-4-6-12-21/h4-15,18,25-26H,3,16-17,19H2,1-2H3,(H,32,37)(H,33,38)/t25-,26+/m1/s1. The van der Waals surface area contributed by atoms with Crippen LogP contribution in [0.1, 0.15) is 42.9 Å². The van der Waals surface area contributed by atoms with Gasteiger partial charge in [-0.3, -0.25) is 19.4 Å². The fourth-order valence-electron chi connectivity index (χ4n) is 4.62. The number of carbonyl (C=O) groups excluding carboxylic acids is 3. The molecule has 9 heteroatoms. The Morgan fingerprint density at radius 1 is 1.02 bits per heavy atom. The van der Waals surface area contributed by atoms with Crippen molar-refractivity contribution in [3.8, 4) is 0 Å². The van der Waals surface area contributed by atoms with Crippen LogP contribution in [0.4, 0.5) is 11.4 Å². The number of nitrogens with one attached hydrogen (secondary N) is 2. The quantitative estimate of drug-likeness (QED) is 0.380. The van der Waals surface area contributed by atoms with Crippen molar-refractivity contribution < 1.29 is 14.4 Å². The average Bonchev–Trinajstić information content (AvgIpc) is 3.30. The van der Waals surface area contributed by atoms with Crippen molar-refractivity contribution in [2.45, 2.75) is 50.9 Å². The van der Waals surface area contributed by atoms with Crippen LogP contribution in [-0.4, -0.2) is 44.9 Å². The minimum absolute atomic E-state index is 0.135. The summed E-state index contributed by atoms with van der Waals surface area (Å²) in [6.45, 7) is 4.34.